The number of aromatic nitrogens is 3. The monoisotopic (exact) mass is 555 g/mol. The van der Waals surface area contributed by atoms with Crippen LogP contribution in [0.5, 0.6) is 5.75 Å². The van der Waals surface area contributed by atoms with Crippen molar-refractivity contribution >= 4 is 23.3 Å². The standard InChI is InChI=1S/C26H23F2N5O5S/c1-3-29-24(35)21-23(38-14-15-7-5-4-6-8-15)22(34)18(13-33(21)32(2)26(36)37)25-31-30-20(39-25)11-16-9-10-17(27)12-19(16)28/h4-10,12-13H,3,11,14H2,1-2H3,(H,29,35)(H,36,37). The number of carboxylic acid groups (broad SMARTS) is 1. The van der Waals surface area contributed by atoms with Gasteiger partial charge in [-0.2, -0.15) is 0 Å². The van der Waals surface area contributed by atoms with Gasteiger partial charge in [0.15, 0.2) is 16.5 Å². The van der Waals surface area contributed by atoms with Crippen LogP contribution >= 0.6 is 11.3 Å². The number of halogens is 2. The molecule has 2 amide bonds. The molecule has 0 fully saturated rings. The van der Waals surface area contributed by atoms with Gasteiger partial charge in [0.1, 0.15) is 23.2 Å². The summed E-state index contributed by atoms with van der Waals surface area (Å²) in [5, 5.41) is 21.5. The second kappa shape index (κ2) is 11.8. The summed E-state index contributed by atoms with van der Waals surface area (Å²) < 4.78 is 34.3. The lowest BCUT2D eigenvalue weighted by Gasteiger charge is -2.23. The number of hydrogen-bond donors (Lipinski definition) is 2. The number of carbonyl (C=O) groups is 2. The third kappa shape index (κ3) is 6.09. The van der Waals surface area contributed by atoms with E-state index < -0.39 is 29.1 Å². The molecule has 2 N–H and O–H groups in total. The van der Waals surface area contributed by atoms with Crippen LogP contribution in [0.25, 0.3) is 10.6 Å². The van der Waals surface area contributed by atoms with E-state index >= 15 is 0 Å². The summed E-state index contributed by atoms with van der Waals surface area (Å²) in [4.78, 5) is 38.6. The Morgan fingerprint density at radius 2 is 1.90 bits per heavy atom. The van der Waals surface area contributed by atoms with Crippen LogP contribution in [0.3, 0.4) is 0 Å². The SMILES string of the molecule is CCNC(=O)c1c(OCc2ccccc2)c(=O)c(-c2nnc(Cc3ccc(F)cc3F)s2)cn1N(C)C(=O)O. The number of ether oxygens (including phenoxy) is 1. The third-order valence-corrected chi connectivity index (χ3v) is 6.54. The molecule has 2 heterocycles. The first-order chi connectivity index (χ1) is 18.7. The summed E-state index contributed by atoms with van der Waals surface area (Å²) >= 11 is 0.966. The summed E-state index contributed by atoms with van der Waals surface area (Å²) in [7, 11) is 1.20. The van der Waals surface area contributed by atoms with Crippen LogP contribution in [0.4, 0.5) is 13.6 Å². The molecule has 202 valence electrons. The second-order valence-electron chi connectivity index (χ2n) is 8.25. The quantitative estimate of drug-likeness (QED) is 0.322. The Balaban J connectivity index is 1.83. The molecule has 0 aliphatic rings. The average molecular weight is 556 g/mol. The summed E-state index contributed by atoms with van der Waals surface area (Å²) in [5.74, 6) is -2.56. The number of benzene rings is 2. The smallest absolute Gasteiger partial charge is 0.426 e. The topological polar surface area (TPSA) is 127 Å². The summed E-state index contributed by atoms with van der Waals surface area (Å²) in [6.07, 6.45) is -0.255. The number of amides is 2. The molecule has 0 saturated carbocycles. The van der Waals surface area contributed by atoms with E-state index in [0.29, 0.717) is 10.6 Å². The number of nitrogens with zero attached hydrogens (tertiary/aromatic N) is 4. The van der Waals surface area contributed by atoms with E-state index in [2.05, 4.69) is 15.5 Å². The minimum Gasteiger partial charge on any atom is -0.482 e. The van der Waals surface area contributed by atoms with Crippen LogP contribution in [0.2, 0.25) is 0 Å². The molecule has 0 bridgehead atoms. The maximum Gasteiger partial charge on any atom is 0.426 e. The zero-order valence-corrected chi connectivity index (χ0v) is 21.7. The Kier molecular flexibility index (Phi) is 8.30. The van der Waals surface area contributed by atoms with Gasteiger partial charge in [-0.05, 0) is 24.1 Å². The molecule has 2 aromatic heterocycles. The van der Waals surface area contributed by atoms with Gasteiger partial charge in [0.25, 0.3) is 5.91 Å². The van der Waals surface area contributed by atoms with Gasteiger partial charge in [-0.15, -0.1) is 10.2 Å². The number of pyridine rings is 1. The Hall–Kier alpha value is -4.65. The molecule has 4 aromatic rings. The van der Waals surface area contributed by atoms with E-state index in [1.165, 1.54) is 19.3 Å². The Morgan fingerprint density at radius 1 is 1.15 bits per heavy atom. The van der Waals surface area contributed by atoms with Gasteiger partial charge >= 0.3 is 6.09 Å². The van der Waals surface area contributed by atoms with E-state index in [0.717, 1.165) is 33.2 Å². The Bertz CT molecular complexity index is 1570. The highest BCUT2D eigenvalue weighted by atomic mass is 32.1. The van der Waals surface area contributed by atoms with Gasteiger partial charge in [-0.25, -0.2) is 23.3 Å². The van der Waals surface area contributed by atoms with Crippen molar-refractivity contribution in [3.63, 3.8) is 0 Å². The summed E-state index contributed by atoms with van der Waals surface area (Å²) in [6, 6.07) is 12.1. The molecule has 0 aliphatic carbocycles. The first kappa shape index (κ1) is 27.4. The zero-order valence-electron chi connectivity index (χ0n) is 20.9. The molecule has 39 heavy (non-hydrogen) atoms. The number of hydrogen-bond acceptors (Lipinski definition) is 7. The molecule has 4 rings (SSSR count). The van der Waals surface area contributed by atoms with Gasteiger partial charge in [0.05, 0.1) is 5.56 Å². The van der Waals surface area contributed by atoms with Crippen LogP contribution in [0.15, 0.2) is 59.5 Å². The first-order valence-corrected chi connectivity index (χ1v) is 12.5. The number of rotatable bonds is 9. The molecule has 0 saturated heterocycles. The van der Waals surface area contributed by atoms with Crippen molar-refractivity contribution in [2.24, 2.45) is 0 Å². The van der Waals surface area contributed by atoms with E-state index in [1.54, 1.807) is 31.2 Å². The molecule has 0 aliphatic heterocycles. The van der Waals surface area contributed by atoms with Crippen molar-refractivity contribution < 1.29 is 28.2 Å². The number of nitrogens with one attached hydrogen (secondary N) is 1. The Labute approximate surface area is 225 Å². The van der Waals surface area contributed by atoms with Gasteiger partial charge in [-0.3, -0.25) is 9.59 Å². The largest absolute Gasteiger partial charge is 0.482 e. The average Bonchev–Trinajstić information content (AvgIpc) is 3.37. The molecule has 0 unspecified atom stereocenters. The van der Waals surface area contributed by atoms with Gasteiger partial charge in [0, 0.05) is 32.3 Å². The molecule has 0 atom stereocenters. The summed E-state index contributed by atoms with van der Waals surface area (Å²) in [6.45, 7) is 1.81. The van der Waals surface area contributed by atoms with Crippen LogP contribution in [-0.2, 0) is 13.0 Å². The fraction of sp³-hybridized carbons (Fsp3) is 0.192. The van der Waals surface area contributed by atoms with Crippen LogP contribution in [0, 0.1) is 11.6 Å². The van der Waals surface area contributed by atoms with Crippen molar-refractivity contribution in [1.82, 2.24) is 20.2 Å². The van der Waals surface area contributed by atoms with Gasteiger partial charge in [-0.1, -0.05) is 47.7 Å². The molecular formula is C26H23F2N5O5S. The third-order valence-electron chi connectivity index (χ3n) is 5.58. The minimum atomic E-state index is -1.41. The lowest BCUT2D eigenvalue weighted by Crippen LogP contribution is -2.41. The van der Waals surface area contributed by atoms with E-state index in [4.69, 9.17) is 4.74 Å². The molecule has 0 spiro atoms. The maximum atomic E-state index is 14.2. The summed E-state index contributed by atoms with van der Waals surface area (Å²) in [5.41, 5.74) is -0.215. The van der Waals surface area contributed by atoms with Crippen molar-refractivity contribution in [3.8, 4) is 16.3 Å². The van der Waals surface area contributed by atoms with Crippen molar-refractivity contribution in [3.05, 3.63) is 98.4 Å². The highest BCUT2D eigenvalue weighted by molar-refractivity contribution is 7.14. The fourth-order valence-corrected chi connectivity index (χ4v) is 4.51. The van der Waals surface area contributed by atoms with Crippen molar-refractivity contribution in [2.75, 3.05) is 18.6 Å². The fourth-order valence-electron chi connectivity index (χ4n) is 3.64. The lowest BCUT2D eigenvalue weighted by atomic mass is 10.1. The molecule has 0 radical (unpaired) electrons. The van der Waals surface area contributed by atoms with Crippen LogP contribution in [0.1, 0.15) is 33.5 Å². The predicted octanol–water partition coefficient (Wildman–Crippen LogP) is 3.81. The molecule has 2 aromatic carbocycles. The van der Waals surface area contributed by atoms with Crippen molar-refractivity contribution in [2.45, 2.75) is 20.0 Å². The van der Waals surface area contributed by atoms with Gasteiger partial charge in [0.2, 0.25) is 5.43 Å². The second-order valence-corrected chi connectivity index (χ2v) is 9.31. The normalized spacial score (nSPS) is 10.8. The molecular weight excluding hydrogens is 532 g/mol. The van der Waals surface area contributed by atoms with E-state index in [9.17, 15) is 28.3 Å². The van der Waals surface area contributed by atoms with Crippen molar-refractivity contribution in [1.29, 1.82) is 0 Å². The molecule has 13 heteroatoms. The molecule has 10 nitrogen and oxygen atoms in total. The maximum absolute atomic E-state index is 14.2. The predicted molar refractivity (Wildman–Crippen MR) is 140 cm³/mol. The highest BCUT2D eigenvalue weighted by Crippen LogP contribution is 2.27. The lowest BCUT2D eigenvalue weighted by molar-refractivity contribution is 0.0939. The Morgan fingerprint density at radius 3 is 2.56 bits per heavy atom. The van der Waals surface area contributed by atoms with E-state index in [1.807, 2.05) is 6.07 Å². The van der Waals surface area contributed by atoms with Crippen LogP contribution in [-0.4, -0.2) is 45.6 Å². The zero-order chi connectivity index (χ0) is 28.1. The van der Waals surface area contributed by atoms with E-state index in [-0.39, 0.29) is 47.2 Å². The first-order valence-electron chi connectivity index (χ1n) is 11.7. The minimum absolute atomic E-state index is 0.0125. The van der Waals surface area contributed by atoms with Crippen LogP contribution < -0.4 is 20.5 Å². The van der Waals surface area contributed by atoms with Gasteiger partial charge < -0.3 is 15.2 Å². The number of carbonyl (C=O) groups excluding carboxylic acids is 1. The highest BCUT2D eigenvalue weighted by Gasteiger charge is 2.28.